The van der Waals surface area contributed by atoms with Gasteiger partial charge in [0, 0.05) is 0 Å². The summed E-state index contributed by atoms with van der Waals surface area (Å²) >= 11 is 0. The van der Waals surface area contributed by atoms with Crippen molar-refractivity contribution in [1.82, 2.24) is 14.9 Å². The Bertz CT molecular complexity index is 757. The topological polar surface area (TPSA) is 104 Å². The Morgan fingerprint density at radius 3 is 2.76 bits per heavy atom. The summed E-state index contributed by atoms with van der Waals surface area (Å²) in [5.74, 6) is -1.50. The summed E-state index contributed by atoms with van der Waals surface area (Å²) in [6, 6.07) is 6.18. The maximum absolute atomic E-state index is 12.0. The fourth-order valence-corrected chi connectivity index (χ4v) is 2.44. The summed E-state index contributed by atoms with van der Waals surface area (Å²) in [5.41, 5.74) is 0.882. The van der Waals surface area contributed by atoms with E-state index in [-0.39, 0.29) is 18.2 Å². The van der Waals surface area contributed by atoms with E-state index in [1.54, 1.807) is 24.3 Å². The van der Waals surface area contributed by atoms with Gasteiger partial charge in [0.15, 0.2) is 0 Å². The summed E-state index contributed by atoms with van der Waals surface area (Å²) in [4.78, 5) is 37.6. The van der Waals surface area contributed by atoms with E-state index < -0.39 is 17.9 Å². The van der Waals surface area contributed by atoms with Crippen molar-refractivity contribution in [1.29, 1.82) is 0 Å². The molecular formula is C14H15N3O4. The summed E-state index contributed by atoms with van der Waals surface area (Å²) in [7, 11) is 0. The van der Waals surface area contributed by atoms with Crippen molar-refractivity contribution >= 4 is 22.9 Å². The number of rotatable bonds is 5. The van der Waals surface area contributed by atoms with E-state index in [9.17, 15) is 14.4 Å². The van der Waals surface area contributed by atoms with E-state index in [1.165, 1.54) is 4.57 Å². The Labute approximate surface area is 119 Å². The maximum atomic E-state index is 12.0. The van der Waals surface area contributed by atoms with Crippen LogP contribution >= 0.6 is 0 Å². The number of carbonyl (C=O) groups is 2. The molecule has 110 valence electrons. The molecule has 1 aliphatic rings. The van der Waals surface area contributed by atoms with E-state index in [4.69, 9.17) is 5.11 Å². The number of hydrogen-bond donors (Lipinski definition) is 3. The predicted molar refractivity (Wildman–Crippen MR) is 74.8 cm³/mol. The second-order valence-corrected chi connectivity index (χ2v) is 5.25. The summed E-state index contributed by atoms with van der Waals surface area (Å²) in [5, 5.41) is 11.6. The fraction of sp³-hybridized carbons (Fsp3) is 0.357. The first-order chi connectivity index (χ1) is 10.1. The zero-order valence-electron chi connectivity index (χ0n) is 11.2. The van der Waals surface area contributed by atoms with Gasteiger partial charge in [0.05, 0.1) is 11.0 Å². The first-order valence-electron chi connectivity index (χ1n) is 6.76. The molecule has 1 aliphatic carbocycles. The van der Waals surface area contributed by atoms with Crippen molar-refractivity contribution in [2.24, 2.45) is 5.92 Å². The third kappa shape index (κ3) is 2.67. The van der Waals surface area contributed by atoms with Gasteiger partial charge in [-0.15, -0.1) is 0 Å². The molecule has 0 spiro atoms. The average molecular weight is 289 g/mol. The van der Waals surface area contributed by atoms with Gasteiger partial charge in [-0.25, -0.2) is 9.59 Å². The molecule has 7 nitrogen and oxygen atoms in total. The molecule has 1 amide bonds. The first-order valence-corrected chi connectivity index (χ1v) is 6.76. The number of aromatic nitrogens is 2. The third-order valence-corrected chi connectivity index (χ3v) is 3.66. The molecule has 1 aromatic carbocycles. The molecule has 1 saturated carbocycles. The monoisotopic (exact) mass is 289 g/mol. The molecule has 1 unspecified atom stereocenters. The maximum Gasteiger partial charge on any atom is 0.326 e. The highest BCUT2D eigenvalue weighted by Gasteiger charge is 2.37. The summed E-state index contributed by atoms with van der Waals surface area (Å²) in [6.45, 7) is -0.195. The second kappa shape index (κ2) is 5.08. The Balaban J connectivity index is 1.78. The number of aromatic amines is 1. The van der Waals surface area contributed by atoms with Crippen LogP contribution in [0.4, 0.5) is 0 Å². The number of nitrogens with zero attached hydrogens (tertiary/aromatic N) is 1. The number of aliphatic carboxylic acids is 1. The smallest absolute Gasteiger partial charge is 0.326 e. The number of nitrogens with one attached hydrogen (secondary N) is 2. The van der Waals surface area contributed by atoms with Crippen molar-refractivity contribution in [3.63, 3.8) is 0 Å². The number of amides is 1. The number of imidazole rings is 1. The van der Waals surface area contributed by atoms with Gasteiger partial charge in [-0.2, -0.15) is 0 Å². The molecule has 3 N–H and O–H groups in total. The Hall–Kier alpha value is -2.57. The SMILES string of the molecule is O=C(Cn1c(=O)[nH]c2ccccc21)NC(C(=O)O)C1CC1. The van der Waals surface area contributed by atoms with Crippen LogP contribution in [-0.4, -0.2) is 32.6 Å². The molecule has 0 aliphatic heterocycles. The number of carboxylic acid groups (broad SMARTS) is 1. The van der Waals surface area contributed by atoms with Gasteiger partial charge in [-0.05, 0) is 30.9 Å². The Kier molecular flexibility index (Phi) is 3.25. The molecule has 0 radical (unpaired) electrons. The highest BCUT2D eigenvalue weighted by molar-refractivity contribution is 5.85. The number of hydrogen-bond acceptors (Lipinski definition) is 3. The van der Waals surface area contributed by atoms with Crippen LogP contribution in [0, 0.1) is 5.92 Å². The molecular weight excluding hydrogens is 274 g/mol. The lowest BCUT2D eigenvalue weighted by molar-refractivity contribution is -0.142. The fourth-order valence-electron chi connectivity index (χ4n) is 2.44. The molecule has 0 saturated heterocycles. The zero-order chi connectivity index (χ0) is 15.0. The minimum Gasteiger partial charge on any atom is -0.480 e. The standard InChI is InChI=1S/C14H15N3O4/c18-11(16-12(13(19)20)8-5-6-8)7-17-10-4-2-1-3-9(10)15-14(17)21/h1-4,8,12H,5-7H2,(H,15,21)(H,16,18)(H,19,20). The van der Waals surface area contributed by atoms with Gasteiger partial charge in [-0.3, -0.25) is 9.36 Å². The molecule has 1 atom stereocenters. The Morgan fingerprint density at radius 2 is 2.10 bits per heavy atom. The number of fused-ring (bicyclic) bond motifs is 1. The molecule has 0 bridgehead atoms. The average Bonchev–Trinajstić information content (AvgIpc) is 3.22. The molecule has 1 heterocycles. The Morgan fingerprint density at radius 1 is 1.38 bits per heavy atom. The molecule has 1 fully saturated rings. The van der Waals surface area contributed by atoms with E-state index in [2.05, 4.69) is 10.3 Å². The first kappa shape index (κ1) is 13.4. The number of H-pyrrole nitrogens is 1. The lowest BCUT2D eigenvalue weighted by Gasteiger charge is -2.13. The van der Waals surface area contributed by atoms with Gasteiger partial charge in [0.2, 0.25) is 5.91 Å². The number of para-hydroxylation sites is 2. The van der Waals surface area contributed by atoms with Crippen LogP contribution in [0.1, 0.15) is 12.8 Å². The minimum absolute atomic E-state index is 0.00569. The minimum atomic E-state index is -1.03. The largest absolute Gasteiger partial charge is 0.480 e. The van der Waals surface area contributed by atoms with E-state index >= 15 is 0 Å². The van der Waals surface area contributed by atoms with Crippen molar-refractivity contribution < 1.29 is 14.7 Å². The van der Waals surface area contributed by atoms with Crippen molar-refractivity contribution in [2.75, 3.05) is 0 Å². The van der Waals surface area contributed by atoms with Crippen LogP contribution in [0.2, 0.25) is 0 Å². The molecule has 3 rings (SSSR count). The highest BCUT2D eigenvalue weighted by atomic mass is 16.4. The number of carboxylic acids is 1. The zero-order valence-corrected chi connectivity index (χ0v) is 11.2. The summed E-state index contributed by atoms with van der Waals surface area (Å²) < 4.78 is 1.30. The lowest BCUT2D eigenvalue weighted by atomic mass is 10.2. The highest BCUT2D eigenvalue weighted by Crippen LogP contribution is 2.32. The normalized spacial score (nSPS) is 15.8. The van der Waals surface area contributed by atoms with Gasteiger partial charge in [0.25, 0.3) is 0 Å². The second-order valence-electron chi connectivity index (χ2n) is 5.25. The molecule has 7 heteroatoms. The van der Waals surface area contributed by atoms with Crippen LogP contribution in [0.3, 0.4) is 0 Å². The third-order valence-electron chi connectivity index (χ3n) is 3.66. The van der Waals surface area contributed by atoms with Gasteiger partial charge in [-0.1, -0.05) is 12.1 Å². The van der Waals surface area contributed by atoms with E-state index in [0.29, 0.717) is 11.0 Å². The predicted octanol–water partition coefficient (Wildman–Crippen LogP) is 0.309. The van der Waals surface area contributed by atoms with E-state index in [1.807, 2.05) is 0 Å². The van der Waals surface area contributed by atoms with Crippen LogP contribution in [0.25, 0.3) is 11.0 Å². The van der Waals surface area contributed by atoms with Gasteiger partial charge >= 0.3 is 11.7 Å². The molecule has 21 heavy (non-hydrogen) atoms. The van der Waals surface area contributed by atoms with E-state index in [0.717, 1.165) is 12.8 Å². The quantitative estimate of drug-likeness (QED) is 0.736. The van der Waals surface area contributed by atoms with Crippen LogP contribution in [0.5, 0.6) is 0 Å². The van der Waals surface area contributed by atoms with Gasteiger partial charge in [0.1, 0.15) is 12.6 Å². The summed E-state index contributed by atoms with van der Waals surface area (Å²) in [6.07, 6.45) is 1.62. The van der Waals surface area contributed by atoms with Crippen LogP contribution < -0.4 is 11.0 Å². The molecule has 2 aromatic rings. The van der Waals surface area contributed by atoms with Crippen LogP contribution in [0.15, 0.2) is 29.1 Å². The van der Waals surface area contributed by atoms with Crippen LogP contribution in [-0.2, 0) is 16.1 Å². The number of benzene rings is 1. The van der Waals surface area contributed by atoms with Crippen molar-refractivity contribution in [3.05, 3.63) is 34.7 Å². The van der Waals surface area contributed by atoms with Gasteiger partial charge < -0.3 is 15.4 Å². The molecule has 1 aromatic heterocycles. The van der Waals surface area contributed by atoms with Crippen molar-refractivity contribution in [2.45, 2.75) is 25.4 Å². The van der Waals surface area contributed by atoms with Crippen molar-refractivity contribution in [3.8, 4) is 0 Å². The lowest BCUT2D eigenvalue weighted by Crippen LogP contribution is -2.44. The number of carbonyl (C=O) groups excluding carboxylic acids is 1.